The van der Waals surface area contributed by atoms with Crippen molar-refractivity contribution in [2.45, 2.75) is 33.3 Å². The quantitative estimate of drug-likeness (QED) is 0.629. The van der Waals surface area contributed by atoms with E-state index in [2.05, 4.69) is 0 Å². The van der Waals surface area contributed by atoms with E-state index in [1.807, 2.05) is 0 Å². The van der Waals surface area contributed by atoms with Gasteiger partial charge in [-0.1, -0.05) is 0 Å². The van der Waals surface area contributed by atoms with Gasteiger partial charge in [-0.25, -0.2) is 4.79 Å². The van der Waals surface area contributed by atoms with Crippen LogP contribution in [-0.2, 0) is 14.3 Å². The lowest BCUT2D eigenvalue weighted by molar-refractivity contribution is -0.148. The van der Waals surface area contributed by atoms with Crippen molar-refractivity contribution in [3.8, 4) is 0 Å². The normalized spacial score (nSPS) is 11.1. The summed E-state index contributed by atoms with van der Waals surface area (Å²) in [5.74, 6) is -1.90. The van der Waals surface area contributed by atoms with Gasteiger partial charge >= 0.3 is 11.9 Å². The summed E-state index contributed by atoms with van der Waals surface area (Å²) in [5, 5.41) is 17.6. The molecule has 0 unspecified atom stereocenters. The number of esters is 1. The molecule has 0 bridgehead atoms. The zero-order valence-electron chi connectivity index (χ0n) is 10.4. The summed E-state index contributed by atoms with van der Waals surface area (Å²) in [6.45, 7) is 6.39. The molecule has 0 aliphatic carbocycles. The maximum atomic E-state index is 11.8. The summed E-state index contributed by atoms with van der Waals surface area (Å²) >= 11 is 1.95. The lowest BCUT2D eigenvalue weighted by Gasteiger charge is -2.19. The first-order valence-corrected chi connectivity index (χ1v) is 6.71. The maximum absolute atomic E-state index is 11.8. The van der Waals surface area contributed by atoms with Gasteiger partial charge in [0.05, 0.1) is 0 Å². The van der Waals surface area contributed by atoms with Crippen LogP contribution in [0.1, 0.15) is 27.7 Å². The van der Waals surface area contributed by atoms with Gasteiger partial charge in [0, 0.05) is 0 Å². The van der Waals surface area contributed by atoms with Gasteiger partial charge in [0.25, 0.3) is 0 Å². The van der Waals surface area contributed by atoms with Crippen LogP contribution in [0.2, 0.25) is 0 Å². The Kier molecular flexibility index (Phi) is 4.18. The Hall–Kier alpha value is -1.34. The van der Waals surface area contributed by atoms with Gasteiger partial charge in [-0.05, 0) is 27.7 Å². The van der Waals surface area contributed by atoms with Crippen LogP contribution in [0.4, 0.5) is 0 Å². The molecule has 1 aromatic rings. The summed E-state index contributed by atoms with van der Waals surface area (Å²) in [4.78, 5) is 23.3. The first kappa shape index (κ1) is 14.7. The van der Waals surface area contributed by atoms with Crippen LogP contribution in [0.5, 0.6) is 0 Å². The first-order chi connectivity index (χ1) is 8.11. The minimum Gasteiger partial charge on any atom is -0.479 e. The predicted molar refractivity (Wildman–Crippen MR) is 70.0 cm³/mol. The van der Waals surface area contributed by atoms with Crippen molar-refractivity contribution in [1.82, 2.24) is 0 Å². The third kappa shape index (κ3) is 3.58. The predicted octanol–water partition coefficient (Wildman–Crippen LogP) is 1.07. The minimum atomic E-state index is -0.805. The van der Waals surface area contributed by atoms with Gasteiger partial charge < -0.3 is 14.9 Å². The molecule has 0 saturated carbocycles. The van der Waals surface area contributed by atoms with E-state index in [1.165, 1.54) is 6.92 Å². The minimum absolute atomic E-state index is 0.0510. The van der Waals surface area contributed by atoms with Gasteiger partial charge in [-0.15, -0.1) is 22.7 Å². The van der Waals surface area contributed by atoms with Crippen molar-refractivity contribution in [3.05, 3.63) is 7.69 Å². The van der Waals surface area contributed by atoms with Crippen molar-refractivity contribution in [3.63, 3.8) is 0 Å². The van der Waals surface area contributed by atoms with Gasteiger partial charge in [-0.3, -0.25) is 4.79 Å². The number of ketones is 1. The molecule has 0 amide bonds. The smallest absolute Gasteiger partial charge is 0.344 e. The Morgan fingerprint density at radius 1 is 1.11 bits per heavy atom. The fourth-order valence-corrected chi connectivity index (χ4v) is 3.01. The van der Waals surface area contributed by atoms with Gasteiger partial charge in [0.1, 0.15) is 15.0 Å². The number of carbonyl (C=O) groups excluding carboxylic acids is 2. The number of rotatable bonds is 2. The van der Waals surface area contributed by atoms with Crippen LogP contribution in [0.25, 0.3) is 11.5 Å². The molecule has 1 aromatic heterocycles. The average Bonchev–Trinajstić information content (AvgIpc) is 2.04. The molecule has 0 saturated heterocycles. The van der Waals surface area contributed by atoms with Crippen LogP contribution in [0.3, 0.4) is 0 Å². The molecule has 1 heterocycles. The number of hydrogen-bond acceptors (Lipinski definition) is 7. The topological polar surface area (TPSA) is 83.8 Å². The Morgan fingerprint density at radius 3 is 1.94 bits per heavy atom. The molecule has 100 valence electrons. The van der Waals surface area contributed by atoms with Crippen molar-refractivity contribution < 1.29 is 24.5 Å². The maximum Gasteiger partial charge on any atom is 0.344 e. The van der Waals surface area contributed by atoms with Crippen LogP contribution in [-0.4, -0.2) is 27.6 Å². The monoisotopic (exact) mass is 290 g/mol. The standard InChI is InChI=1S/C11H14O5S2/c1-5(12)6(8(15)16-11(2,3)4)9-17-10(18-9)7(13)14/h13-14H,1-4H3. The molecule has 0 radical (unpaired) electrons. The number of ether oxygens (including phenoxy) is 1. The van der Waals surface area contributed by atoms with E-state index in [4.69, 9.17) is 14.9 Å². The molecule has 1 rings (SSSR count). The Morgan fingerprint density at radius 2 is 1.61 bits per heavy atom. The van der Waals surface area contributed by atoms with Gasteiger partial charge in [0.15, 0.2) is 9.63 Å². The van der Waals surface area contributed by atoms with E-state index >= 15 is 0 Å². The van der Waals surface area contributed by atoms with E-state index in [-0.39, 0.29) is 9.42 Å². The van der Waals surface area contributed by atoms with Gasteiger partial charge in [-0.2, -0.15) is 0 Å². The van der Waals surface area contributed by atoms with E-state index in [9.17, 15) is 9.59 Å². The summed E-state index contributed by atoms with van der Waals surface area (Å²) in [6.07, 6.45) is 0. The Labute approximate surface area is 112 Å². The van der Waals surface area contributed by atoms with E-state index in [0.717, 1.165) is 22.7 Å². The summed E-state index contributed by atoms with van der Waals surface area (Å²) < 4.78 is 5.81. The van der Waals surface area contributed by atoms with Crippen molar-refractivity contribution in [1.29, 1.82) is 0 Å². The number of aliphatic hydroxyl groups excluding tert-OH is 1. The van der Waals surface area contributed by atoms with E-state index in [0.29, 0.717) is 3.85 Å². The number of aliphatic hydroxyl groups is 2. The molecule has 0 aromatic carbocycles. The summed E-state index contributed by atoms with van der Waals surface area (Å²) in [7, 11) is 0. The second kappa shape index (κ2) is 5.11. The molecule has 2 N–H and O–H groups in total. The molecule has 0 spiro atoms. The number of Topliss-reactive ketones (excluding diaryl/α,β-unsaturated/α-hetero) is 1. The molecule has 5 nitrogen and oxygen atoms in total. The third-order valence-corrected chi connectivity index (χ3v) is 4.23. The Bertz CT molecular complexity index is 563. The molecule has 18 heavy (non-hydrogen) atoms. The van der Waals surface area contributed by atoms with E-state index < -0.39 is 23.3 Å². The highest BCUT2D eigenvalue weighted by Gasteiger charge is 2.24. The average molecular weight is 290 g/mol. The molecular formula is C11H14O5S2. The molecule has 0 fully saturated rings. The summed E-state index contributed by atoms with van der Waals surface area (Å²) in [5.41, 5.74) is -0.736. The van der Waals surface area contributed by atoms with Crippen molar-refractivity contribution >= 4 is 45.9 Å². The lowest BCUT2D eigenvalue weighted by atomic mass is 10.1. The van der Waals surface area contributed by atoms with Crippen molar-refractivity contribution in [2.75, 3.05) is 0 Å². The highest BCUT2D eigenvalue weighted by molar-refractivity contribution is 7.36. The zero-order valence-corrected chi connectivity index (χ0v) is 12.1. The number of hydrogen-bond donors (Lipinski definition) is 2. The van der Waals surface area contributed by atoms with Crippen molar-refractivity contribution in [2.24, 2.45) is 0 Å². The second-order valence-corrected chi connectivity index (χ2v) is 7.09. The molecule has 0 aliphatic rings. The van der Waals surface area contributed by atoms with Crippen LogP contribution in [0.15, 0.2) is 0 Å². The first-order valence-electron chi connectivity index (χ1n) is 5.08. The molecular weight excluding hydrogens is 276 g/mol. The molecule has 0 atom stereocenters. The highest BCUT2D eigenvalue weighted by atomic mass is 32.2. The van der Waals surface area contributed by atoms with E-state index in [1.54, 1.807) is 20.8 Å². The largest absolute Gasteiger partial charge is 0.479 e. The SMILES string of the molecule is CC(=O)C(C(=O)OC(C)(C)C)=c1sc(=C(O)O)s1. The zero-order chi connectivity index (χ0) is 14.1. The fraction of sp³-hybridized carbons (Fsp3) is 0.455. The Balaban J connectivity index is 3.21. The highest BCUT2D eigenvalue weighted by Crippen LogP contribution is 2.12. The lowest BCUT2D eigenvalue weighted by Crippen LogP contribution is -2.30. The summed E-state index contributed by atoms with van der Waals surface area (Å²) in [6, 6.07) is 0. The second-order valence-electron chi connectivity index (χ2n) is 4.54. The van der Waals surface area contributed by atoms with Crippen LogP contribution < -0.4 is 7.69 Å². The molecule has 7 heteroatoms. The number of carbonyl (C=O) groups is 2. The van der Waals surface area contributed by atoms with Crippen LogP contribution >= 0.6 is 22.7 Å². The fourth-order valence-electron chi connectivity index (χ4n) is 1.07. The van der Waals surface area contributed by atoms with Crippen LogP contribution in [0, 0.1) is 0 Å². The molecule has 0 aliphatic heterocycles. The van der Waals surface area contributed by atoms with Gasteiger partial charge in [0.2, 0.25) is 0 Å². The third-order valence-electron chi connectivity index (χ3n) is 1.71.